The predicted octanol–water partition coefficient (Wildman–Crippen LogP) is 2.74. The van der Waals surface area contributed by atoms with Crippen LogP contribution < -0.4 is 5.32 Å². The van der Waals surface area contributed by atoms with E-state index in [2.05, 4.69) is 27.3 Å². The van der Waals surface area contributed by atoms with Crippen molar-refractivity contribution in [2.45, 2.75) is 32.2 Å². The van der Waals surface area contributed by atoms with Crippen molar-refractivity contribution < 1.29 is 9.59 Å². The summed E-state index contributed by atoms with van der Waals surface area (Å²) in [7, 11) is 3.56. The highest BCUT2D eigenvalue weighted by Crippen LogP contribution is 2.28. The van der Waals surface area contributed by atoms with Gasteiger partial charge < -0.3 is 10.2 Å². The highest BCUT2D eigenvalue weighted by atomic mass is 16.2. The van der Waals surface area contributed by atoms with Crippen LogP contribution in [0.1, 0.15) is 29.5 Å². The SMILES string of the molecule is CN(C)C(=O)[C@H]1C[C@@H](C(=O)Nc2ccc3c(c2)CCC3)CN(Cc2ccncc2)C1. The Morgan fingerprint density at radius 3 is 2.57 bits per heavy atom. The first kappa shape index (κ1) is 20.5. The van der Waals surface area contributed by atoms with Gasteiger partial charge in [-0.1, -0.05) is 6.07 Å². The number of benzene rings is 1. The summed E-state index contributed by atoms with van der Waals surface area (Å²) < 4.78 is 0. The van der Waals surface area contributed by atoms with Crippen molar-refractivity contribution in [2.24, 2.45) is 11.8 Å². The number of hydrogen-bond acceptors (Lipinski definition) is 4. The molecule has 1 aliphatic heterocycles. The van der Waals surface area contributed by atoms with E-state index in [-0.39, 0.29) is 23.7 Å². The quantitative estimate of drug-likeness (QED) is 0.829. The highest BCUT2D eigenvalue weighted by molar-refractivity contribution is 5.93. The van der Waals surface area contributed by atoms with Crippen LogP contribution in [0.2, 0.25) is 0 Å². The number of aryl methyl sites for hydroxylation is 2. The van der Waals surface area contributed by atoms with Crippen LogP contribution in [0.3, 0.4) is 0 Å². The zero-order valence-electron chi connectivity index (χ0n) is 17.8. The fraction of sp³-hybridized carbons (Fsp3) is 0.458. The second kappa shape index (κ2) is 8.96. The van der Waals surface area contributed by atoms with E-state index in [4.69, 9.17) is 0 Å². The van der Waals surface area contributed by atoms with Crippen LogP contribution in [0.15, 0.2) is 42.7 Å². The number of carbonyl (C=O) groups is 2. The first-order valence-electron chi connectivity index (χ1n) is 10.7. The molecule has 0 unspecified atom stereocenters. The zero-order valence-corrected chi connectivity index (χ0v) is 17.8. The number of carbonyl (C=O) groups excluding carboxylic acids is 2. The van der Waals surface area contributed by atoms with E-state index in [9.17, 15) is 9.59 Å². The Morgan fingerprint density at radius 2 is 1.80 bits per heavy atom. The third kappa shape index (κ3) is 4.70. The normalized spacial score (nSPS) is 21.1. The molecule has 1 saturated heterocycles. The molecule has 1 aliphatic carbocycles. The molecule has 2 aromatic rings. The van der Waals surface area contributed by atoms with Gasteiger partial charge in [0.25, 0.3) is 0 Å². The van der Waals surface area contributed by atoms with Gasteiger partial charge in [-0.3, -0.25) is 19.5 Å². The lowest BCUT2D eigenvalue weighted by atomic mass is 9.87. The summed E-state index contributed by atoms with van der Waals surface area (Å²) >= 11 is 0. The van der Waals surface area contributed by atoms with Gasteiger partial charge in [0, 0.05) is 51.8 Å². The lowest BCUT2D eigenvalue weighted by Crippen LogP contribution is -2.48. The molecule has 0 radical (unpaired) electrons. The number of amides is 2. The number of hydrogen-bond donors (Lipinski definition) is 1. The van der Waals surface area contributed by atoms with E-state index in [1.807, 2.05) is 18.2 Å². The van der Waals surface area contributed by atoms with Gasteiger partial charge >= 0.3 is 0 Å². The molecule has 2 amide bonds. The lowest BCUT2D eigenvalue weighted by Gasteiger charge is -2.37. The summed E-state index contributed by atoms with van der Waals surface area (Å²) in [5.74, 6) is -0.303. The molecule has 1 aromatic heterocycles. The summed E-state index contributed by atoms with van der Waals surface area (Å²) in [5, 5.41) is 3.11. The highest BCUT2D eigenvalue weighted by Gasteiger charge is 2.35. The van der Waals surface area contributed by atoms with Crippen LogP contribution in [-0.4, -0.2) is 53.8 Å². The van der Waals surface area contributed by atoms with Gasteiger partial charge in [0.2, 0.25) is 11.8 Å². The molecule has 158 valence electrons. The van der Waals surface area contributed by atoms with Gasteiger partial charge in [0.1, 0.15) is 0 Å². The maximum atomic E-state index is 13.1. The largest absolute Gasteiger partial charge is 0.349 e. The number of rotatable bonds is 5. The predicted molar refractivity (Wildman–Crippen MR) is 117 cm³/mol. The van der Waals surface area contributed by atoms with Gasteiger partial charge in [-0.25, -0.2) is 0 Å². The lowest BCUT2D eigenvalue weighted by molar-refractivity contribution is -0.137. The maximum Gasteiger partial charge on any atom is 0.228 e. The van der Waals surface area contributed by atoms with Gasteiger partial charge in [-0.05, 0) is 66.6 Å². The number of nitrogens with zero attached hydrogens (tertiary/aromatic N) is 3. The Bertz CT molecular complexity index is 913. The molecule has 6 nitrogen and oxygen atoms in total. The van der Waals surface area contributed by atoms with Crippen LogP contribution in [0.25, 0.3) is 0 Å². The van der Waals surface area contributed by atoms with E-state index in [1.54, 1.807) is 31.4 Å². The number of pyridine rings is 1. The van der Waals surface area contributed by atoms with Gasteiger partial charge in [0.15, 0.2) is 0 Å². The smallest absolute Gasteiger partial charge is 0.228 e. The molecular formula is C24H30N4O2. The minimum atomic E-state index is -0.220. The molecular weight excluding hydrogens is 376 g/mol. The summed E-state index contributed by atoms with van der Waals surface area (Å²) in [6.07, 6.45) is 7.54. The number of aromatic nitrogens is 1. The third-order valence-electron chi connectivity index (χ3n) is 6.21. The van der Waals surface area contributed by atoms with Crippen molar-refractivity contribution in [3.63, 3.8) is 0 Å². The molecule has 0 spiro atoms. The monoisotopic (exact) mass is 406 g/mol. The first-order chi connectivity index (χ1) is 14.5. The molecule has 2 aliphatic rings. The van der Waals surface area contributed by atoms with E-state index in [0.29, 0.717) is 26.1 Å². The van der Waals surface area contributed by atoms with Crippen molar-refractivity contribution in [3.05, 3.63) is 59.4 Å². The van der Waals surface area contributed by atoms with E-state index in [1.165, 1.54) is 17.5 Å². The molecule has 6 heteroatoms. The van der Waals surface area contributed by atoms with Gasteiger partial charge in [0.05, 0.1) is 11.8 Å². The molecule has 2 atom stereocenters. The molecule has 1 aromatic carbocycles. The molecule has 0 bridgehead atoms. The van der Waals surface area contributed by atoms with Crippen LogP contribution in [0.4, 0.5) is 5.69 Å². The molecule has 1 fully saturated rings. The van der Waals surface area contributed by atoms with Crippen molar-refractivity contribution >= 4 is 17.5 Å². The molecule has 4 rings (SSSR count). The van der Waals surface area contributed by atoms with Crippen molar-refractivity contribution in [1.29, 1.82) is 0 Å². The van der Waals surface area contributed by atoms with Crippen LogP contribution in [0.5, 0.6) is 0 Å². The number of piperidine rings is 1. The molecule has 0 saturated carbocycles. The van der Waals surface area contributed by atoms with Crippen LogP contribution in [-0.2, 0) is 29.0 Å². The summed E-state index contributed by atoms with van der Waals surface area (Å²) in [6.45, 7) is 2.03. The first-order valence-corrected chi connectivity index (χ1v) is 10.7. The standard InChI is InChI=1S/C24H30N4O2/c1-27(2)24(30)21-12-20(15-28(16-21)14-17-8-10-25-11-9-17)23(29)26-22-7-6-18-4-3-5-19(18)13-22/h6-11,13,20-21H,3-5,12,14-16H2,1-2H3,(H,26,29)/t20-,21+/m1/s1. The van der Waals surface area contributed by atoms with E-state index < -0.39 is 0 Å². The van der Waals surface area contributed by atoms with Crippen LogP contribution in [0, 0.1) is 11.8 Å². The van der Waals surface area contributed by atoms with Crippen molar-refractivity contribution in [1.82, 2.24) is 14.8 Å². The summed E-state index contributed by atoms with van der Waals surface area (Å²) in [6, 6.07) is 10.2. The Labute approximate surface area is 178 Å². The number of likely N-dealkylation sites (tertiary alicyclic amines) is 1. The Balaban J connectivity index is 1.48. The Morgan fingerprint density at radius 1 is 1.07 bits per heavy atom. The van der Waals surface area contributed by atoms with Crippen molar-refractivity contribution in [3.8, 4) is 0 Å². The van der Waals surface area contributed by atoms with Crippen LogP contribution >= 0.6 is 0 Å². The molecule has 1 N–H and O–H groups in total. The number of nitrogens with one attached hydrogen (secondary N) is 1. The molecule has 2 heterocycles. The summed E-state index contributed by atoms with van der Waals surface area (Å²) in [5.41, 5.74) is 4.74. The van der Waals surface area contributed by atoms with E-state index >= 15 is 0 Å². The number of fused-ring (bicyclic) bond motifs is 1. The fourth-order valence-corrected chi connectivity index (χ4v) is 4.69. The average molecular weight is 407 g/mol. The third-order valence-corrected chi connectivity index (χ3v) is 6.21. The Hall–Kier alpha value is -2.73. The topological polar surface area (TPSA) is 65.5 Å². The van der Waals surface area contributed by atoms with Gasteiger partial charge in [-0.15, -0.1) is 0 Å². The summed E-state index contributed by atoms with van der Waals surface area (Å²) in [4.78, 5) is 33.8. The van der Waals surface area contributed by atoms with Gasteiger partial charge in [-0.2, -0.15) is 0 Å². The fourth-order valence-electron chi connectivity index (χ4n) is 4.69. The zero-order chi connectivity index (χ0) is 21.1. The maximum absolute atomic E-state index is 13.1. The average Bonchev–Trinajstić information content (AvgIpc) is 3.21. The van der Waals surface area contributed by atoms with Crippen molar-refractivity contribution in [2.75, 3.05) is 32.5 Å². The minimum Gasteiger partial charge on any atom is -0.349 e. The Kier molecular flexibility index (Phi) is 6.13. The number of anilines is 1. The van der Waals surface area contributed by atoms with E-state index in [0.717, 1.165) is 24.1 Å². The molecule has 30 heavy (non-hydrogen) atoms. The second-order valence-corrected chi connectivity index (χ2v) is 8.74. The minimum absolute atomic E-state index is 0.00364. The second-order valence-electron chi connectivity index (χ2n) is 8.74.